The smallest absolute Gasteiger partial charge is 0.319 e. The second-order valence-corrected chi connectivity index (χ2v) is 4.28. The quantitative estimate of drug-likeness (QED) is 0.817. The van der Waals surface area contributed by atoms with Gasteiger partial charge in [-0.05, 0) is 25.0 Å². The van der Waals surface area contributed by atoms with Crippen molar-refractivity contribution in [1.29, 1.82) is 0 Å². The number of amides is 2. The zero-order valence-corrected chi connectivity index (χ0v) is 9.66. The maximum Gasteiger partial charge on any atom is 0.319 e. The van der Waals surface area contributed by atoms with E-state index in [1.54, 1.807) is 0 Å². The molecule has 0 saturated heterocycles. The average Bonchev–Trinajstić information content (AvgIpc) is 3.02. The third kappa shape index (κ3) is 2.66. The fourth-order valence-corrected chi connectivity index (χ4v) is 1.54. The minimum atomic E-state index is -0.114. The summed E-state index contributed by atoms with van der Waals surface area (Å²) in [6, 6.07) is 8.02. The van der Waals surface area contributed by atoms with Crippen LogP contribution in [0.3, 0.4) is 0 Å². The van der Waals surface area contributed by atoms with Crippen LogP contribution in [0.2, 0.25) is 0 Å². The maximum absolute atomic E-state index is 11.6. The highest BCUT2D eigenvalue weighted by molar-refractivity contribution is 5.93. The van der Waals surface area contributed by atoms with E-state index in [0.717, 1.165) is 24.2 Å². The number of benzene rings is 1. The molecule has 0 spiro atoms. The molecule has 1 fully saturated rings. The van der Waals surface area contributed by atoms with E-state index in [4.69, 9.17) is 0 Å². The van der Waals surface area contributed by atoms with Crippen LogP contribution in [0.15, 0.2) is 24.3 Å². The zero-order valence-electron chi connectivity index (χ0n) is 9.66. The zero-order chi connectivity index (χ0) is 11.5. The SMILES string of the molecule is CN(C)c1ccccc1NC(=O)NC1CC1. The number of anilines is 2. The average molecular weight is 219 g/mol. The molecular weight excluding hydrogens is 202 g/mol. The molecule has 1 aromatic rings. The van der Waals surface area contributed by atoms with Gasteiger partial charge in [-0.15, -0.1) is 0 Å². The Morgan fingerprint density at radius 2 is 2.00 bits per heavy atom. The van der Waals surface area contributed by atoms with Gasteiger partial charge in [0.2, 0.25) is 0 Å². The second-order valence-electron chi connectivity index (χ2n) is 4.28. The van der Waals surface area contributed by atoms with Gasteiger partial charge in [0.05, 0.1) is 11.4 Å². The summed E-state index contributed by atoms with van der Waals surface area (Å²) < 4.78 is 0. The molecule has 0 aliphatic heterocycles. The predicted molar refractivity (Wildman–Crippen MR) is 65.9 cm³/mol. The van der Waals surface area contributed by atoms with E-state index in [1.807, 2.05) is 43.3 Å². The van der Waals surface area contributed by atoms with Gasteiger partial charge in [0.25, 0.3) is 0 Å². The lowest BCUT2D eigenvalue weighted by molar-refractivity contribution is 0.251. The molecule has 2 N–H and O–H groups in total. The Morgan fingerprint density at radius 1 is 1.31 bits per heavy atom. The van der Waals surface area contributed by atoms with Crippen LogP contribution >= 0.6 is 0 Å². The fraction of sp³-hybridized carbons (Fsp3) is 0.417. The van der Waals surface area contributed by atoms with Crippen molar-refractivity contribution in [2.75, 3.05) is 24.3 Å². The van der Waals surface area contributed by atoms with Crippen LogP contribution in [-0.4, -0.2) is 26.2 Å². The summed E-state index contributed by atoms with van der Waals surface area (Å²) >= 11 is 0. The van der Waals surface area contributed by atoms with E-state index >= 15 is 0 Å². The molecule has 4 nitrogen and oxygen atoms in total. The van der Waals surface area contributed by atoms with Crippen LogP contribution in [0.25, 0.3) is 0 Å². The molecule has 16 heavy (non-hydrogen) atoms. The Kier molecular flexibility index (Phi) is 2.99. The Morgan fingerprint density at radius 3 is 2.62 bits per heavy atom. The van der Waals surface area contributed by atoms with Crippen LogP contribution in [-0.2, 0) is 0 Å². The summed E-state index contributed by atoms with van der Waals surface area (Å²) in [6.45, 7) is 0. The molecule has 0 heterocycles. The lowest BCUT2D eigenvalue weighted by Crippen LogP contribution is -2.31. The van der Waals surface area contributed by atoms with Crippen molar-refractivity contribution in [3.05, 3.63) is 24.3 Å². The van der Waals surface area contributed by atoms with Gasteiger partial charge in [0, 0.05) is 20.1 Å². The molecule has 0 bridgehead atoms. The van der Waals surface area contributed by atoms with E-state index in [2.05, 4.69) is 10.6 Å². The van der Waals surface area contributed by atoms with Gasteiger partial charge >= 0.3 is 6.03 Å². The van der Waals surface area contributed by atoms with Gasteiger partial charge < -0.3 is 15.5 Å². The third-order valence-electron chi connectivity index (χ3n) is 2.55. The minimum absolute atomic E-state index is 0.114. The van der Waals surface area contributed by atoms with Crippen molar-refractivity contribution in [1.82, 2.24) is 5.32 Å². The van der Waals surface area contributed by atoms with E-state index in [-0.39, 0.29) is 6.03 Å². The summed E-state index contributed by atoms with van der Waals surface area (Å²) in [4.78, 5) is 13.6. The van der Waals surface area contributed by atoms with E-state index in [9.17, 15) is 4.79 Å². The van der Waals surface area contributed by atoms with Crippen molar-refractivity contribution in [3.8, 4) is 0 Å². The molecule has 1 saturated carbocycles. The van der Waals surface area contributed by atoms with Gasteiger partial charge in [-0.3, -0.25) is 0 Å². The number of hydrogen-bond donors (Lipinski definition) is 2. The first-order chi connectivity index (χ1) is 7.66. The third-order valence-corrected chi connectivity index (χ3v) is 2.55. The van der Waals surface area contributed by atoms with E-state index in [1.165, 1.54) is 0 Å². The molecule has 0 aromatic heterocycles. The Hall–Kier alpha value is -1.71. The van der Waals surface area contributed by atoms with Crippen LogP contribution in [0, 0.1) is 0 Å². The van der Waals surface area contributed by atoms with Crippen LogP contribution in [0.1, 0.15) is 12.8 Å². The summed E-state index contributed by atoms with van der Waals surface area (Å²) in [7, 11) is 3.92. The highest BCUT2D eigenvalue weighted by Crippen LogP contribution is 2.24. The second kappa shape index (κ2) is 4.43. The van der Waals surface area contributed by atoms with Crippen LogP contribution in [0.5, 0.6) is 0 Å². The standard InChI is InChI=1S/C12H17N3O/c1-15(2)11-6-4-3-5-10(11)14-12(16)13-9-7-8-9/h3-6,9H,7-8H2,1-2H3,(H2,13,14,16). The van der Waals surface area contributed by atoms with Crippen molar-refractivity contribution in [2.45, 2.75) is 18.9 Å². The number of nitrogens with one attached hydrogen (secondary N) is 2. The molecule has 1 aromatic carbocycles. The lowest BCUT2D eigenvalue weighted by atomic mass is 10.2. The van der Waals surface area contributed by atoms with Crippen molar-refractivity contribution >= 4 is 17.4 Å². The lowest BCUT2D eigenvalue weighted by Gasteiger charge is -2.17. The molecule has 2 amide bonds. The van der Waals surface area contributed by atoms with Crippen LogP contribution < -0.4 is 15.5 Å². The van der Waals surface area contributed by atoms with Gasteiger partial charge in [-0.25, -0.2) is 4.79 Å². The van der Waals surface area contributed by atoms with Gasteiger partial charge in [0.15, 0.2) is 0 Å². The number of carbonyl (C=O) groups excluding carboxylic acids is 1. The van der Waals surface area contributed by atoms with Crippen molar-refractivity contribution in [3.63, 3.8) is 0 Å². The van der Waals surface area contributed by atoms with E-state index < -0.39 is 0 Å². The van der Waals surface area contributed by atoms with Crippen molar-refractivity contribution < 1.29 is 4.79 Å². The van der Waals surface area contributed by atoms with Crippen LogP contribution in [0.4, 0.5) is 16.2 Å². The summed E-state index contributed by atoms with van der Waals surface area (Å²) in [6.07, 6.45) is 2.20. The molecule has 1 aliphatic carbocycles. The summed E-state index contributed by atoms with van der Waals surface area (Å²) in [5.74, 6) is 0. The highest BCUT2D eigenvalue weighted by Gasteiger charge is 2.23. The first-order valence-corrected chi connectivity index (χ1v) is 5.50. The first kappa shape index (κ1) is 10.8. The fourth-order valence-electron chi connectivity index (χ4n) is 1.54. The van der Waals surface area contributed by atoms with Gasteiger partial charge in [-0.2, -0.15) is 0 Å². The van der Waals surface area contributed by atoms with Gasteiger partial charge in [0.1, 0.15) is 0 Å². The predicted octanol–water partition coefficient (Wildman–Crippen LogP) is 2.04. The summed E-state index contributed by atoms with van der Waals surface area (Å²) in [5, 5.41) is 5.77. The normalized spacial score (nSPS) is 14.4. The van der Waals surface area contributed by atoms with Gasteiger partial charge in [-0.1, -0.05) is 12.1 Å². The first-order valence-electron chi connectivity index (χ1n) is 5.50. The topological polar surface area (TPSA) is 44.4 Å². The number of carbonyl (C=O) groups is 1. The van der Waals surface area contributed by atoms with E-state index in [0.29, 0.717) is 6.04 Å². The minimum Gasteiger partial charge on any atom is -0.376 e. The Bertz CT molecular complexity index is 386. The Balaban J connectivity index is 2.04. The molecule has 4 heteroatoms. The number of hydrogen-bond acceptors (Lipinski definition) is 2. The number of urea groups is 1. The highest BCUT2D eigenvalue weighted by atomic mass is 16.2. The maximum atomic E-state index is 11.6. The molecule has 0 radical (unpaired) electrons. The number of nitrogens with zero attached hydrogens (tertiary/aromatic N) is 1. The molecule has 2 rings (SSSR count). The molecular formula is C12H17N3O. The summed E-state index contributed by atoms with van der Waals surface area (Å²) in [5.41, 5.74) is 1.85. The van der Waals surface area contributed by atoms with Crippen molar-refractivity contribution in [2.24, 2.45) is 0 Å². The monoisotopic (exact) mass is 219 g/mol. The molecule has 86 valence electrons. The molecule has 0 atom stereocenters. The number of rotatable bonds is 3. The largest absolute Gasteiger partial charge is 0.376 e. The Labute approximate surface area is 95.6 Å². The number of para-hydroxylation sites is 2. The molecule has 0 unspecified atom stereocenters. The molecule has 1 aliphatic rings.